The van der Waals surface area contributed by atoms with Crippen molar-refractivity contribution in [3.8, 4) is 0 Å². The van der Waals surface area contributed by atoms with Crippen LogP contribution in [0.4, 0.5) is 0 Å². The molecule has 3 heteroatoms. The van der Waals surface area contributed by atoms with Crippen LogP contribution in [0.2, 0.25) is 0 Å². The summed E-state index contributed by atoms with van der Waals surface area (Å²) in [7, 11) is 1.76. The zero-order chi connectivity index (χ0) is 10.6. The molecular weight excluding hydrogens is 176 g/mol. The van der Waals surface area contributed by atoms with Gasteiger partial charge in [0.25, 0.3) is 0 Å². The molecule has 0 fully saturated rings. The number of methoxy groups -OCH3 is 1. The third-order valence-electron chi connectivity index (χ3n) is 2.22. The van der Waals surface area contributed by atoms with Gasteiger partial charge in [-0.1, -0.05) is 13.8 Å². The van der Waals surface area contributed by atoms with E-state index in [2.05, 4.69) is 24.5 Å². The summed E-state index contributed by atoms with van der Waals surface area (Å²) in [5.74, 6) is 0.668. The van der Waals surface area contributed by atoms with Crippen LogP contribution in [0, 0.1) is 5.92 Å². The molecule has 86 valence electrons. The van der Waals surface area contributed by atoms with Crippen molar-refractivity contribution in [2.24, 2.45) is 5.92 Å². The van der Waals surface area contributed by atoms with Gasteiger partial charge in [-0.15, -0.1) is 0 Å². The molecule has 0 bridgehead atoms. The van der Waals surface area contributed by atoms with Gasteiger partial charge in [0.1, 0.15) is 0 Å². The Balaban J connectivity index is 2.98. The predicted octanol–water partition coefficient (Wildman–Crippen LogP) is 1.25. The Hall–Kier alpha value is -0.120. The summed E-state index contributed by atoms with van der Waals surface area (Å²) in [5, 5.41) is 6.75. The fourth-order valence-corrected chi connectivity index (χ4v) is 1.36. The largest absolute Gasteiger partial charge is 0.384 e. The van der Waals surface area contributed by atoms with E-state index in [1.807, 2.05) is 0 Å². The van der Waals surface area contributed by atoms with Crippen molar-refractivity contribution < 1.29 is 4.74 Å². The SMILES string of the molecule is CCNCCCNCCC(C)COC. The van der Waals surface area contributed by atoms with Crippen LogP contribution in [0.3, 0.4) is 0 Å². The van der Waals surface area contributed by atoms with Crippen molar-refractivity contribution in [3.63, 3.8) is 0 Å². The molecule has 0 heterocycles. The van der Waals surface area contributed by atoms with Gasteiger partial charge in [0.05, 0.1) is 0 Å². The van der Waals surface area contributed by atoms with E-state index in [-0.39, 0.29) is 0 Å². The van der Waals surface area contributed by atoms with Gasteiger partial charge in [-0.2, -0.15) is 0 Å². The molecule has 0 radical (unpaired) electrons. The zero-order valence-corrected chi connectivity index (χ0v) is 9.94. The number of rotatable bonds is 10. The number of nitrogens with one attached hydrogen (secondary N) is 2. The Labute approximate surface area is 88.6 Å². The monoisotopic (exact) mass is 202 g/mol. The average Bonchev–Trinajstić information content (AvgIpc) is 2.17. The van der Waals surface area contributed by atoms with Crippen molar-refractivity contribution in [3.05, 3.63) is 0 Å². The van der Waals surface area contributed by atoms with E-state index >= 15 is 0 Å². The summed E-state index contributed by atoms with van der Waals surface area (Å²) >= 11 is 0. The summed E-state index contributed by atoms with van der Waals surface area (Å²) in [6.45, 7) is 9.66. The van der Waals surface area contributed by atoms with Gasteiger partial charge >= 0.3 is 0 Å². The van der Waals surface area contributed by atoms with Gasteiger partial charge in [-0.3, -0.25) is 0 Å². The molecule has 0 saturated carbocycles. The number of hydrogen-bond acceptors (Lipinski definition) is 3. The maximum atomic E-state index is 5.08. The number of ether oxygens (including phenoxy) is 1. The Kier molecular flexibility index (Phi) is 10.9. The summed E-state index contributed by atoms with van der Waals surface area (Å²) in [6.07, 6.45) is 2.42. The van der Waals surface area contributed by atoms with Crippen LogP contribution in [0.1, 0.15) is 26.7 Å². The molecule has 1 unspecified atom stereocenters. The second kappa shape index (κ2) is 11.0. The molecule has 14 heavy (non-hydrogen) atoms. The van der Waals surface area contributed by atoms with Gasteiger partial charge in [0, 0.05) is 13.7 Å². The molecule has 1 atom stereocenters. The Bertz CT molecular complexity index is 109. The number of hydrogen-bond donors (Lipinski definition) is 2. The van der Waals surface area contributed by atoms with Crippen LogP contribution in [0.15, 0.2) is 0 Å². The highest BCUT2D eigenvalue weighted by atomic mass is 16.5. The molecule has 0 aromatic heterocycles. The molecule has 0 aliphatic carbocycles. The van der Waals surface area contributed by atoms with Crippen LogP contribution >= 0.6 is 0 Å². The first-order valence-electron chi connectivity index (χ1n) is 5.71. The fourth-order valence-electron chi connectivity index (χ4n) is 1.36. The normalized spacial score (nSPS) is 13.1. The van der Waals surface area contributed by atoms with Crippen LogP contribution in [0.25, 0.3) is 0 Å². The van der Waals surface area contributed by atoms with E-state index in [9.17, 15) is 0 Å². The van der Waals surface area contributed by atoms with Crippen LogP contribution in [0.5, 0.6) is 0 Å². The van der Waals surface area contributed by atoms with E-state index in [0.29, 0.717) is 5.92 Å². The fraction of sp³-hybridized carbons (Fsp3) is 1.00. The molecule has 0 aromatic rings. The van der Waals surface area contributed by atoms with Crippen molar-refractivity contribution in [2.75, 3.05) is 39.9 Å². The summed E-state index contributed by atoms with van der Waals surface area (Å²) in [5.41, 5.74) is 0. The lowest BCUT2D eigenvalue weighted by Crippen LogP contribution is -2.23. The third-order valence-corrected chi connectivity index (χ3v) is 2.22. The van der Waals surface area contributed by atoms with E-state index in [4.69, 9.17) is 4.74 Å². The van der Waals surface area contributed by atoms with Crippen LogP contribution in [-0.2, 0) is 4.74 Å². The minimum absolute atomic E-state index is 0.668. The molecule has 0 rings (SSSR count). The van der Waals surface area contributed by atoms with E-state index in [1.165, 1.54) is 12.8 Å². The maximum Gasteiger partial charge on any atom is 0.0488 e. The molecule has 0 aliphatic heterocycles. The minimum atomic E-state index is 0.668. The van der Waals surface area contributed by atoms with E-state index in [0.717, 1.165) is 32.8 Å². The van der Waals surface area contributed by atoms with Gasteiger partial charge in [-0.05, 0) is 44.9 Å². The topological polar surface area (TPSA) is 33.3 Å². The third kappa shape index (κ3) is 9.96. The predicted molar refractivity (Wildman–Crippen MR) is 61.7 cm³/mol. The summed E-state index contributed by atoms with van der Waals surface area (Å²) < 4.78 is 5.08. The first-order valence-corrected chi connectivity index (χ1v) is 5.71. The van der Waals surface area contributed by atoms with Gasteiger partial charge < -0.3 is 15.4 Å². The van der Waals surface area contributed by atoms with Crippen LogP contribution < -0.4 is 10.6 Å². The molecule has 0 saturated heterocycles. The Morgan fingerprint density at radius 3 is 2.50 bits per heavy atom. The molecule has 2 N–H and O–H groups in total. The lowest BCUT2D eigenvalue weighted by Gasteiger charge is -2.10. The molecular formula is C11H26N2O. The highest BCUT2D eigenvalue weighted by Gasteiger charge is 1.99. The second-order valence-electron chi connectivity index (χ2n) is 3.81. The molecule has 0 amide bonds. The lowest BCUT2D eigenvalue weighted by molar-refractivity contribution is 0.155. The first kappa shape index (κ1) is 13.9. The van der Waals surface area contributed by atoms with E-state index < -0.39 is 0 Å². The second-order valence-corrected chi connectivity index (χ2v) is 3.81. The Morgan fingerprint density at radius 1 is 1.14 bits per heavy atom. The van der Waals surface area contributed by atoms with Crippen molar-refractivity contribution in [1.29, 1.82) is 0 Å². The average molecular weight is 202 g/mol. The van der Waals surface area contributed by atoms with Gasteiger partial charge in [0.2, 0.25) is 0 Å². The highest BCUT2D eigenvalue weighted by molar-refractivity contribution is 4.55. The molecule has 3 nitrogen and oxygen atoms in total. The van der Waals surface area contributed by atoms with E-state index in [1.54, 1.807) is 7.11 Å². The van der Waals surface area contributed by atoms with Crippen molar-refractivity contribution in [2.45, 2.75) is 26.7 Å². The van der Waals surface area contributed by atoms with Crippen LogP contribution in [-0.4, -0.2) is 39.9 Å². The smallest absolute Gasteiger partial charge is 0.0488 e. The van der Waals surface area contributed by atoms with Crippen molar-refractivity contribution >= 4 is 0 Å². The zero-order valence-electron chi connectivity index (χ0n) is 9.94. The van der Waals surface area contributed by atoms with Crippen molar-refractivity contribution in [1.82, 2.24) is 10.6 Å². The summed E-state index contributed by atoms with van der Waals surface area (Å²) in [4.78, 5) is 0. The summed E-state index contributed by atoms with van der Waals surface area (Å²) in [6, 6.07) is 0. The quantitative estimate of drug-likeness (QED) is 0.523. The minimum Gasteiger partial charge on any atom is -0.384 e. The van der Waals surface area contributed by atoms with Gasteiger partial charge in [0.15, 0.2) is 0 Å². The highest BCUT2D eigenvalue weighted by Crippen LogP contribution is 1.99. The molecule has 0 aromatic carbocycles. The maximum absolute atomic E-state index is 5.08. The molecule has 0 aliphatic rings. The van der Waals surface area contributed by atoms with Gasteiger partial charge in [-0.25, -0.2) is 0 Å². The molecule has 0 spiro atoms. The first-order chi connectivity index (χ1) is 6.81. The Morgan fingerprint density at radius 2 is 1.86 bits per heavy atom. The lowest BCUT2D eigenvalue weighted by atomic mass is 10.1. The standard InChI is InChI=1S/C11H26N2O/c1-4-12-7-5-8-13-9-6-11(2)10-14-3/h11-13H,4-10H2,1-3H3.